The summed E-state index contributed by atoms with van der Waals surface area (Å²) in [4.78, 5) is 37.0. The van der Waals surface area contributed by atoms with Crippen molar-refractivity contribution >= 4 is 28.2 Å². The maximum atomic E-state index is 13.1. The van der Waals surface area contributed by atoms with Crippen LogP contribution < -0.4 is 21.3 Å². The van der Waals surface area contributed by atoms with Crippen LogP contribution in [0.3, 0.4) is 0 Å². The molecule has 2 amide bonds. The molecule has 0 aromatic carbocycles. The van der Waals surface area contributed by atoms with Crippen molar-refractivity contribution in [2.45, 2.75) is 57.9 Å². The Labute approximate surface area is 185 Å². The van der Waals surface area contributed by atoms with Crippen molar-refractivity contribution in [3.8, 4) is 0 Å². The first-order valence-corrected chi connectivity index (χ1v) is 11.9. The average Bonchev–Trinajstić information content (AvgIpc) is 3.62. The van der Waals surface area contributed by atoms with Gasteiger partial charge in [-0.1, -0.05) is 0 Å². The molecule has 0 aliphatic heterocycles. The molecule has 4 rings (SSSR count). The molecule has 4 N–H and O–H groups in total. The lowest BCUT2D eigenvalue weighted by molar-refractivity contribution is -0.404. The summed E-state index contributed by atoms with van der Waals surface area (Å²) in [6.45, 7) is 3.11. The molecule has 0 saturated heterocycles. The van der Waals surface area contributed by atoms with Crippen LogP contribution in [0.2, 0.25) is 0 Å². The highest BCUT2D eigenvalue weighted by Gasteiger charge is 2.34. The Balaban J connectivity index is 1.54. The molecular weight excluding hydrogens is 418 g/mol. The van der Waals surface area contributed by atoms with Crippen LogP contribution in [0.25, 0.3) is 0 Å². The van der Waals surface area contributed by atoms with Crippen LogP contribution in [0, 0.1) is 22.0 Å². The molecular formula is C21H29N5O4S. The fourth-order valence-corrected chi connectivity index (χ4v) is 5.14. The third kappa shape index (κ3) is 5.55. The molecule has 31 heavy (non-hydrogen) atoms. The molecule has 2 fully saturated rings. The van der Waals surface area contributed by atoms with Crippen LogP contribution >= 0.6 is 11.3 Å². The lowest BCUT2D eigenvalue weighted by Crippen LogP contribution is -2.39. The number of aryl methyl sites for hydroxylation is 1. The fraction of sp³-hybridized carbons (Fsp3) is 0.619. The maximum Gasteiger partial charge on any atom is 0.274 e. The van der Waals surface area contributed by atoms with Gasteiger partial charge in [0.25, 0.3) is 12.1 Å². The van der Waals surface area contributed by atoms with E-state index in [0.29, 0.717) is 41.8 Å². The van der Waals surface area contributed by atoms with Crippen molar-refractivity contribution in [3.05, 3.63) is 38.1 Å². The third-order valence-corrected chi connectivity index (χ3v) is 7.09. The van der Waals surface area contributed by atoms with Crippen molar-refractivity contribution in [1.29, 1.82) is 0 Å². The third-order valence-electron chi connectivity index (χ3n) is 5.88. The second-order valence-electron chi connectivity index (χ2n) is 8.57. The molecule has 1 aromatic rings. The van der Waals surface area contributed by atoms with Gasteiger partial charge < -0.3 is 21.3 Å². The lowest BCUT2D eigenvalue weighted by atomic mass is 9.91. The minimum atomic E-state index is -0.480. The van der Waals surface area contributed by atoms with Crippen LogP contribution in [0.15, 0.2) is 12.0 Å². The maximum absolute atomic E-state index is 13.1. The number of carbonyl (C=O) groups is 2. The highest BCUT2D eigenvalue weighted by Crippen LogP contribution is 2.40. The first-order valence-electron chi connectivity index (χ1n) is 11.0. The van der Waals surface area contributed by atoms with Gasteiger partial charge in [0, 0.05) is 29.9 Å². The Morgan fingerprint density at radius 3 is 2.61 bits per heavy atom. The van der Waals surface area contributed by atoms with E-state index in [4.69, 9.17) is 0 Å². The topological polar surface area (TPSA) is 125 Å². The summed E-state index contributed by atoms with van der Waals surface area (Å²) < 4.78 is 0. The zero-order chi connectivity index (χ0) is 22.0. The molecule has 0 radical (unpaired) electrons. The van der Waals surface area contributed by atoms with Crippen molar-refractivity contribution in [2.24, 2.45) is 11.8 Å². The predicted octanol–water partition coefficient (Wildman–Crippen LogP) is 2.37. The van der Waals surface area contributed by atoms with Crippen molar-refractivity contribution in [3.63, 3.8) is 0 Å². The number of hydrogen-bond donors (Lipinski definition) is 4. The first-order chi connectivity index (χ1) is 14.9. The summed E-state index contributed by atoms with van der Waals surface area (Å²) >= 11 is 1.50. The van der Waals surface area contributed by atoms with Gasteiger partial charge in [-0.25, -0.2) is 0 Å². The van der Waals surface area contributed by atoms with Crippen molar-refractivity contribution < 1.29 is 14.5 Å². The molecule has 1 unspecified atom stereocenters. The SMILES string of the molecule is CCNC(=C[N+](=O)[O-])NC1CCc2sc(NC(=O)C3CC3)c(C(=O)NCC3CC3)c2C1. The van der Waals surface area contributed by atoms with Crippen LogP contribution in [-0.2, 0) is 17.6 Å². The van der Waals surface area contributed by atoms with Gasteiger partial charge in [0.2, 0.25) is 5.91 Å². The smallest absolute Gasteiger partial charge is 0.274 e. The Morgan fingerprint density at radius 1 is 1.19 bits per heavy atom. The van der Waals surface area contributed by atoms with E-state index in [1.165, 1.54) is 11.3 Å². The monoisotopic (exact) mass is 447 g/mol. The number of carbonyl (C=O) groups excluding carboxylic acids is 2. The quantitative estimate of drug-likeness (QED) is 0.322. The van der Waals surface area contributed by atoms with Crippen molar-refractivity contribution in [2.75, 3.05) is 18.4 Å². The van der Waals surface area contributed by atoms with Crippen LogP contribution in [0.1, 0.15) is 59.8 Å². The number of rotatable bonds is 10. The minimum Gasteiger partial charge on any atom is -0.367 e. The normalized spacial score (nSPS) is 20.5. The highest BCUT2D eigenvalue weighted by molar-refractivity contribution is 7.17. The van der Waals surface area contributed by atoms with Crippen molar-refractivity contribution in [1.82, 2.24) is 16.0 Å². The Kier molecular flexibility index (Phi) is 6.45. The summed E-state index contributed by atoms with van der Waals surface area (Å²) in [5.41, 5.74) is 1.52. The number of nitrogens with zero attached hydrogens (tertiary/aromatic N) is 1. The standard InChI is InChI=1S/C21H29N5O4S/c1-2-22-17(11-26(29)30)24-14-7-8-16-15(9-14)18(20(28)23-10-12-3-4-12)21(31-16)25-19(27)13-5-6-13/h11-14,22,24H,2-10H2,1H3,(H,23,28)(H,25,27). The summed E-state index contributed by atoms with van der Waals surface area (Å²) in [7, 11) is 0. The van der Waals surface area contributed by atoms with E-state index in [9.17, 15) is 19.7 Å². The van der Waals surface area contributed by atoms with Crippen LogP contribution in [-0.4, -0.2) is 35.9 Å². The zero-order valence-electron chi connectivity index (χ0n) is 17.7. The molecule has 3 aliphatic carbocycles. The number of thiophene rings is 1. The Hall–Kier alpha value is -2.62. The Bertz CT molecular complexity index is 904. The van der Waals surface area contributed by atoms with E-state index in [2.05, 4.69) is 21.3 Å². The minimum absolute atomic E-state index is 0.00661. The van der Waals surface area contributed by atoms with E-state index in [1.807, 2.05) is 6.92 Å². The highest BCUT2D eigenvalue weighted by atomic mass is 32.1. The number of amides is 2. The van der Waals surface area contributed by atoms with E-state index in [-0.39, 0.29) is 23.8 Å². The zero-order valence-corrected chi connectivity index (χ0v) is 18.5. The lowest BCUT2D eigenvalue weighted by Gasteiger charge is -2.25. The van der Waals surface area contributed by atoms with E-state index < -0.39 is 4.92 Å². The molecule has 9 nitrogen and oxygen atoms in total. The summed E-state index contributed by atoms with van der Waals surface area (Å²) in [6, 6.07) is -0.0330. The van der Waals surface area contributed by atoms with Gasteiger partial charge >= 0.3 is 0 Å². The number of nitro groups is 1. The molecule has 1 aromatic heterocycles. The largest absolute Gasteiger partial charge is 0.367 e. The van der Waals surface area contributed by atoms with Gasteiger partial charge in [0.05, 0.1) is 10.5 Å². The molecule has 3 aliphatic rings. The molecule has 1 heterocycles. The second kappa shape index (κ2) is 9.25. The molecule has 168 valence electrons. The van der Waals surface area contributed by atoms with E-state index in [1.54, 1.807) is 0 Å². The molecule has 10 heteroatoms. The second-order valence-corrected chi connectivity index (χ2v) is 9.67. The average molecular weight is 448 g/mol. The molecule has 2 saturated carbocycles. The van der Waals surface area contributed by atoms with Gasteiger partial charge in [-0.3, -0.25) is 19.7 Å². The molecule has 0 bridgehead atoms. The summed E-state index contributed by atoms with van der Waals surface area (Å²) in [6.07, 6.45) is 7.19. The van der Waals surface area contributed by atoms with Gasteiger partial charge in [-0.15, -0.1) is 11.3 Å². The number of fused-ring (bicyclic) bond motifs is 1. The summed E-state index contributed by atoms with van der Waals surface area (Å²) in [5, 5.41) is 23.8. The van der Waals surface area contributed by atoms with Crippen LogP contribution in [0.4, 0.5) is 5.00 Å². The molecule has 1 atom stereocenters. The van der Waals surface area contributed by atoms with E-state index in [0.717, 1.165) is 55.2 Å². The van der Waals surface area contributed by atoms with Gasteiger partial charge in [-0.05, 0) is 63.4 Å². The van der Waals surface area contributed by atoms with Gasteiger partial charge in [0.15, 0.2) is 5.82 Å². The Morgan fingerprint density at radius 2 is 1.97 bits per heavy atom. The fourth-order valence-electron chi connectivity index (χ4n) is 3.89. The number of anilines is 1. The predicted molar refractivity (Wildman–Crippen MR) is 118 cm³/mol. The van der Waals surface area contributed by atoms with Gasteiger partial charge in [0.1, 0.15) is 5.00 Å². The van der Waals surface area contributed by atoms with Gasteiger partial charge in [-0.2, -0.15) is 0 Å². The first kappa shape index (κ1) is 21.6. The van der Waals surface area contributed by atoms with Crippen LogP contribution in [0.5, 0.6) is 0 Å². The summed E-state index contributed by atoms with van der Waals surface area (Å²) in [5.74, 6) is 0.855. The molecule has 0 spiro atoms. The number of hydrogen-bond acceptors (Lipinski definition) is 7. The van der Waals surface area contributed by atoms with E-state index >= 15 is 0 Å². The number of nitrogens with one attached hydrogen (secondary N) is 4.